The van der Waals surface area contributed by atoms with Gasteiger partial charge in [0.05, 0.1) is 26.4 Å². The lowest BCUT2D eigenvalue weighted by atomic mass is 9.45. The number of aliphatic hydroxyl groups excluding tert-OH is 2. The number of benzene rings is 3. The highest BCUT2D eigenvalue weighted by Crippen LogP contribution is 2.61. The molecule has 2 unspecified atom stereocenters. The summed E-state index contributed by atoms with van der Waals surface area (Å²) < 4.78 is 11.9. The number of carbonyl (C=O) groups excluding carboxylic acids is 2. The van der Waals surface area contributed by atoms with Crippen molar-refractivity contribution in [2.75, 3.05) is 27.8 Å². The van der Waals surface area contributed by atoms with Gasteiger partial charge in [0.15, 0.2) is 0 Å². The average Bonchev–Trinajstić information content (AvgIpc) is 3.50. The number of fused-ring (bicyclic) bond motifs is 2. The SMILES string of the molecule is COc1ccc(COc2c(CN3O[C@@H](CO)C(C(C)O)[C@H]3C(=O)N[C@H]3C[C@H]4C[C@@H]([C@@H]3C)C4(C)C)cccc2-c2ccc(C(=O)N(C)C)cc2)cc1. The molecule has 1 saturated heterocycles. The van der Waals surface area contributed by atoms with Gasteiger partial charge in [0.2, 0.25) is 5.91 Å². The topological polar surface area (TPSA) is 121 Å². The van der Waals surface area contributed by atoms with E-state index >= 15 is 0 Å². The molecule has 3 N–H and O–H groups in total. The van der Waals surface area contributed by atoms with Crippen LogP contribution in [0.2, 0.25) is 0 Å². The molecule has 3 saturated carbocycles. The fourth-order valence-electron chi connectivity index (χ4n) is 8.69. The molecule has 8 atom stereocenters. The summed E-state index contributed by atoms with van der Waals surface area (Å²) in [5.74, 6) is 1.87. The van der Waals surface area contributed by atoms with Gasteiger partial charge in [-0.05, 0) is 78.3 Å². The Hall–Kier alpha value is -3.96. The predicted octanol–water partition coefficient (Wildman–Crippen LogP) is 5.30. The minimum atomic E-state index is -0.903. The van der Waals surface area contributed by atoms with Crippen LogP contribution in [0.5, 0.6) is 11.5 Å². The standard InChI is InChI=1S/C41H53N3O7/c1-24-33-19-30(41(33,3)4)20-34(24)42-39(47)37-36(25(2)46)35(22-45)51-44(37)21-29-9-8-10-32(27-13-15-28(16-14-27)40(48)43(5)6)38(29)50-23-26-11-17-31(49-7)18-12-26/h8-18,24-25,30,33-37,45-46H,19-23H2,1-7H3,(H,42,47)/t24-,25?,30+,33-,34-,35-,36?,37-/m0/s1. The van der Waals surface area contributed by atoms with Crippen molar-refractivity contribution in [3.8, 4) is 22.6 Å². The van der Waals surface area contributed by atoms with Gasteiger partial charge in [-0.3, -0.25) is 14.4 Å². The fraction of sp³-hybridized carbons (Fsp3) is 0.512. The van der Waals surface area contributed by atoms with E-state index in [1.807, 2.05) is 54.6 Å². The van der Waals surface area contributed by atoms with Crippen molar-refractivity contribution in [1.29, 1.82) is 0 Å². The Labute approximate surface area is 301 Å². The summed E-state index contributed by atoms with van der Waals surface area (Å²) in [5, 5.41) is 26.3. The van der Waals surface area contributed by atoms with Crippen LogP contribution in [0, 0.1) is 29.1 Å². The van der Waals surface area contributed by atoms with Crippen LogP contribution in [-0.2, 0) is 22.8 Å². The first kappa shape index (κ1) is 36.8. The number of aliphatic hydroxyl groups is 2. The normalized spacial score (nSPS) is 27.3. The lowest BCUT2D eigenvalue weighted by Crippen LogP contribution is -2.62. The molecule has 4 fully saturated rings. The molecule has 2 amide bonds. The third-order valence-corrected chi connectivity index (χ3v) is 11.9. The first-order valence-electron chi connectivity index (χ1n) is 18.1. The zero-order chi connectivity index (χ0) is 36.6. The Bertz CT molecular complexity index is 1690. The molecule has 51 heavy (non-hydrogen) atoms. The zero-order valence-electron chi connectivity index (χ0n) is 30.8. The van der Waals surface area contributed by atoms with Crippen LogP contribution in [0.3, 0.4) is 0 Å². The van der Waals surface area contributed by atoms with Crippen molar-refractivity contribution in [2.45, 2.75) is 78.0 Å². The van der Waals surface area contributed by atoms with Crippen LogP contribution in [0.25, 0.3) is 11.1 Å². The number of methoxy groups -OCH3 is 1. The minimum absolute atomic E-state index is 0.0352. The summed E-state index contributed by atoms with van der Waals surface area (Å²) >= 11 is 0. The number of carbonyl (C=O) groups is 2. The number of hydrogen-bond acceptors (Lipinski definition) is 8. The van der Waals surface area contributed by atoms with E-state index in [0.29, 0.717) is 29.1 Å². The summed E-state index contributed by atoms with van der Waals surface area (Å²) in [7, 11) is 5.07. The number of rotatable bonds is 12. The Morgan fingerprint density at radius 2 is 1.76 bits per heavy atom. The summed E-state index contributed by atoms with van der Waals surface area (Å²) in [6.07, 6.45) is 0.466. The molecule has 7 rings (SSSR count). The molecule has 3 aliphatic carbocycles. The van der Waals surface area contributed by atoms with E-state index < -0.39 is 24.2 Å². The maximum atomic E-state index is 14.3. The van der Waals surface area contributed by atoms with Crippen molar-refractivity contribution >= 4 is 11.8 Å². The van der Waals surface area contributed by atoms with Crippen molar-refractivity contribution < 1.29 is 34.1 Å². The van der Waals surface area contributed by atoms with Gasteiger partial charge in [0.1, 0.15) is 30.3 Å². The van der Waals surface area contributed by atoms with Gasteiger partial charge in [0.25, 0.3) is 5.91 Å². The molecule has 1 aliphatic heterocycles. The third-order valence-electron chi connectivity index (χ3n) is 11.9. The molecule has 274 valence electrons. The van der Waals surface area contributed by atoms with Gasteiger partial charge in [-0.25, -0.2) is 0 Å². The van der Waals surface area contributed by atoms with Crippen molar-refractivity contribution in [3.05, 3.63) is 83.4 Å². The van der Waals surface area contributed by atoms with E-state index in [2.05, 4.69) is 26.1 Å². The molecular formula is C41H53N3O7. The molecule has 3 aromatic carbocycles. The lowest BCUT2D eigenvalue weighted by molar-refractivity contribution is -0.183. The molecule has 0 spiro atoms. The zero-order valence-corrected chi connectivity index (χ0v) is 30.8. The molecule has 1 heterocycles. The molecule has 3 aromatic rings. The van der Waals surface area contributed by atoms with Crippen molar-refractivity contribution in [1.82, 2.24) is 15.3 Å². The third kappa shape index (κ3) is 7.24. The van der Waals surface area contributed by atoms with E-state index in [-0.39, 0.29) is 43.0 Å². The number of amides is 2. The molecule has 2 bridgehead atoms. The van der Waals surface area contributed by atoms with Crippen LogP contribution in [-0.4, -0.2) is 84.1 Å². The lowest BCUT2D eigenvalue weighted by Gasteiger charge is -2.62. The summed E-state index contributed by atoms with van der Waals surface area (Å²) in [5.41, 5.74) is 4.24. The van der Waals surface area contributed by atoms with Gasteiger partial charge in [-0.15, -0.1) is 0 Å². The summed E-state index contributed by atoms with van der Waals surface area (Å²) in [6, 6.07) is 20.1. The van der Waals surface area contributed by atoms with Crippen molar-refractivity contribution in [2.24, 2.45) is 29.1 Å². The largest absolute Gasteiger partial charge is 0.497 e. The molecule has 10 nitrogen and oxygen atoms in total. The summed E-state index contributed by atoms with van der Waals surface area (Å²) in [6.45, 7) is 8.65. The van der Waals surface area contributed by atoms with E-state index in [1.165, 1.54) is 6.42 Å². The number of ether oxygens (including phenoxy) is 2. The number of nitrogens with zero attached hydrogens (tertiary/aromatic N) is 2. The number of hydroxylamine groups is 2. The maximum absolute atomic E-state index is 14.3. The Balaban J connectivity index is 1.32. The van der Waals surface area contributed by atoms with Gasteiger partial charge in [0, 0.05) is 42.7 Å². The highest BCUT2D eigenvalue weighted by molar-refractivity contribution is 5.94. The van der Waals surface area contributed by atoms with Crippen LogP contribution in [0.1, 0.15) is 62.0 Å². The first-order valence-corrected chi connectivity index (χ1v) is 18.1. The van der Waals surface area contributed by atoms with Gasteiger partial charge >= 0.3 is 0 Å². The maximum Gasteiger partial charge on any atom is 0.253 e. The average molecular weight is 700 g/mol. The number of nitrogens with one attached hydrogen (secondary N) is 1. The molecule has 10 heteroatoms. The Morgan fingerprint density at radius 1 is 1.06 bits per heavy atom. The smallest absolute Gasteiger partial charge is 0.253 e. The van der Waals surface area contributed by atoms with Crippen LogP contribution in [0.15, 0.2) is 66.7 Å². The molecule has 0 aromatic heterocycles. The first-order chi connectivity index (χ1) is 24.3. The van der Waals surface area contributed by atoms with E-state index in [9.17, 15) is 19.8 Å². The Kier molecular flexibility index (Phi) is 10.8. The van der Waals surface area contributed by atoms with E-state index in [1.54, 1.807) is 50.2 Å². The van der Waals surface area contributed by atoms with Gasteiger partial charge < -0.3 is 29.9 Å². The monoisotopic (exact) mass is 699 g/mol. The van der Waals surface area contributed by atoms with Crippen molar-refractivity contribution in [3.63, 3.8) is 0 Å². The van der Waals surface area contributed by atoms with E-state index in [4.69, 9.17) is 14.3 Å². The quantitative estimate of drug-likeness (QED) is 0.233. The fourth-order valence-corrected chi connectivity index (χ4v) is 8.69. The van der Waals surface area contributed by atoms with Crippen LogP contribution in [0.4, 0.5) is 0 Å². The van der Waals surface area contributed by atoms with Crippen LogP contribution >= 0.6 is 0 Å². The minimum Gasteiger partial charge on any atom is -0.497 e. The second-order valence-corrected chi connectivity index (χ2v) is 15.4. The Morgan fingerprint density at radius 3 is 2.35 bits per heavy atom. The number of hydrogen-bond donors (Lipinski definition) is 3. The predicted molar refractivity (Wildman–Crippen MR) is 195 cm³/mol. The second kappa shape index (κ2) is 14.9. The number of para-hydroxylation sites is 1. The highest BCUT2D eigenvalue weighted by atomic mass is 16.7. The second-order valence-electron chi connectivity index (χ2n) is 15.4. The van der Waals surface area contributed by atoms with Gasteiger partial charge in [-0.1, -0.05) is 63.2 Å². The highest BCUT2D eigenvalue weighted by Gasteiger charge is 2.57. The summed E-state index contributed by atoms with van der Waals surface area (Å²) in [4.78, 5) is 34.8. The van der Waals surface area contributed by atoms with Gasteiger partial charge in [-0.2, -0.15) is 5.06 Å². The van der Waals surface area contributed by atoms with Crippen LogP contribution < -0.4 is 14.8 Å². The molecule has 0 radical (unpaired) electrons. The molecule has 4 aliphatic rings. The van der Waals surface area contributed by atoms with E-state index in [0.717, 1.165) is 34.4 Å². The molecular weight excluding hydrogens is 646 g/mol.